The lowest BCUT2D eigenvalue weighted by Crippen LogP contribution is -2.49. The molecule has 4 heterocycles. The maximum absolute atomic E-state index is 14.0. The van der Waals surface area contributed by atoms with E-state index in [2.05, 4.69) is 82.4 Å². The van der Waals surface area contributed by atoms with Crippen molar-refractivity contribution in [1.29, 1.82) is 0 Å². The zero-order chi connectivity index (χ0) is 26.9. The molecule has 8 heteroatoms. The fourth-order valence-electron chi connectivity index (χ4n) is 7.15. The fourth-order valence-corrected chi connectivity index (χ4v) is 7.15. The van der Waals surface area contributed by atoms with Crippen LogP contribution in [0.3, 0.4) is 0 Å². The van der Waals surface area contributed by atoms with E-state index in [0.717, 1.165) is 67.1 Å². The molecule has 1 N–H and O–H groups in total. The van der Waals surface area contributed by atoms with Gasteiger partial charge in [-0.2, -0.15) is 0 Å². The molecule has 3 fully saturated rings. The van der Waals surface area contributed by atoms with E-state index in [1.807, 2.05) is 16.2 Å². The van der Waals surface area contributed by atoms with Crippen molar-refractivity contribution in [2.24, 2.45) is 13.0 Å². The molecular formula is C31H39N7O. The van der Waals surface area contributed by atoms with Gasteiger partial charge in [0.25, 0.3) is 5.56 Å². The average molecular weight is 526 g/mol. The van der Waals surface area contributed by atoms with Gasteiger partial charge in [-0.05, 0) is 80.8 Å². The predicted octanol–water partition coefficient (Wildman–Crippen LogP) is 4.18. The minimum atomic E-state index is -0.160. The number of aromatic amines is 1. The lowest BCUT2D eigenvalue weighted by molar-refractivity contribution is 0.0992. The third kappa shape index (κ3) is 4.16. The molecule has 7 rings (SSSR count). The molecule has 1 atom stereocenters. The molecule has 0 bridgehead atoms. The Balaban J connectivity index is 1.28. The standard InChI is InChI=1S/C31H39N7O/c1-20-14-31(15-20,30-34-32-19-36(30)4)23-6-5-7-25(12-23)38-18-27(22-8-9-22)26-13-24(33-28(26)29(38)39)17-37-11-10-35(3)21(2)16-37/h5-7,12-13,18-22,33H,8-11,14-17H2,1-4H3/t20?,21-,31?/m1/s1. The zero-order valence-corrected chi connectivity index (χ0v) is 23.5. The molecule has 3 aliphatic rings. The topological polar surface area (TPSA) is 75.0 Å². The number of hydrogen-bond acceptors (Lipinski definition) is 5. The van der Waals surface area contributed by atoms with Crippen molar-refractivity contribution in [2.75, 3.05) is 26.7 Å². The summed E-state index contributed by atoms with van der Waals surface area (Å²) in [5.41, 5.74) is 5.17. The molecule has 0 amide bonds. The highest BCUT2D eigenvalue weighted by atomic mass is 16.1. The molecule has 2 aliphatic carbocycles. The minimum absolute atomic E-state index is 0.0271. The van der Waals surface area contributed by atoms with Gasteiger partial charge in [-0.15, -0.1) is 10.2 Å². The van der Waals surface area contributed by atoms with Gasteiger partial charge in [-0.25, -0.2) is 0 Å². The second-order valence-electron chi connectivity index (χ2n) is 12.6. The summed E-state index contributed by atoms with van der Waals surface area (Å²) in [6.07, 6.45) is 8.36. The molecule has 1 saturated heterocycles. The Kier molecular flexibility index (Phi) is 5.83. The van der Waals surface area contributed by atoms with Crippen LogP contribution in [0.4, 0.5) is 0 Å². The summed E-state index contributed by atoms with van der Waals surface area (Å²) in [5, 5.41) is 9.81. The Bertz CT molecular complexity index is 1590. The Hall–Kier alpha value is -3.23. The van der Waals surface area contributed by atoms with Gasteiger partial charge in [0, 0.05) is 62.2 Å². The van der Waals surface area contributed by atoms with Gasteiger partial charge in [0.1, 0.15) is 17.7 Å². The van der Waals surface area contributed by atoms with Crippen LogP contribution < -0.4 is 5.56 Å². The van der Waals surface area contributed by atoms with E-state index in [0.29, 0.717) is 17.9 Å². The normalized spacial score (nSPS) is 26.3. The van der Waals surface area contributed by atoms with Crippen molar-refractivity contribution in [3.05, 3.63) is 75.9 Å². The summed E-state index contributed by atoms with van der Waals surface area (Å²) >= 11 is 0. The number of likely N-dealkylation sites (N-methyl/N-ethyl adjacent to an activating group) is 1. The quantitative estimate of drug-likeness (QED) is 0.409. The van der Waals surface area contributed by atoms with Crippen molar-refractivity contribution < 1.29 is 0 Å². The number of benzene rings is 1. The van der Waals surface area contributed by atoms with Gasteiger partial charge in [0.05, 0.1) is 5.41 Å². The van der Waals surface area contributed by atoms with E-state index in [9.17, 15) is 4.79 Å². The molecule has 0 radical (unpaired) electrons. The Morgan fingerprint density at radius 3 is 2.62 bits per heavy atom. The monoisotopic (exact) mass is 525 g/mol. The fraction of sp³-hybridized carbons (Fsp3) is 0.516. The van der Waals surface area contributed by atoms with Crippen LogP contribution in [0, 0.1) is 5.92 Å². The van der Waals surface area contributed by atoms with E-state index < -0.39 is 0 Å². The molecule has 204 valence electrons. The summed E-state index contributed by atoms with van der Waals surface area (Å²) in [7, 11) is 4.22. The van der Waals surface area contributed by atoms with Crippen LogP contribution in [0.5, 0.6) is 0 Å². The largest absolute Gasteiger partial charge is 0.353 e. The van der Waals surface area contributed by atoms with E-state index in [1.165, 1.54) is 24.0 Å². The first-order chi connectivity index (χ1) is 18.8. The highest BCUT2D eigenvalue weighted by Crippen LogP contribution is 2.51. The lowest BCUT2D eigenvalue weighted by atomic mass is 9.58. The van der Waals surface area contributed by atoms with Crippen molar-refractivity contribution in [1.82, 2.24) is 34.1 Å². The first kappa shape index (κ1) is 24.8. The summed E-state index contributed by atoms with van der Waals surface area (Å²) in [5.74, 6) is 2.17. The zero-order valence-electron chi connectivity index (χ0n) is 23.5. The highest BCUT2D eigenvalue weighted by molar-refractivity contribution is 5.84. The van der Waals surface area contributed by atoms with Crippen LogP contribution in [0.25, 0.3) is 16.6 Å². The second-order valence-corrected chi connectivity index (χ2v) is 12.6. The van der Waals surface area contributed by atoms with Gasteiger partial charge in [0.15, 0.2) is 0 Å². The maximum atomic E-state index is 14.0. The van der Waals surface area contributed by atoms with Crippen LogP contribution in [0.2, 0.25) is 0 Å². The van der Waals surface area contributed by atoms with Crippen LogP contribution in [0.15, 0.2) is 47.7 Å². The maximum Gasteiger partial charge on any atom is 0.279 e. The van der Waals surface area contributed by atoms with E-state index in [-0.39, 0.29) is 11.0 Å². The van der Waals surface area contributed by atoms with Gasteiger partial charge in [-0.1, -0.05) is 19.1 Å². The Labute approximate surface area is 229 Å². The van der Waals surface area contributed by atoms with Gasteiger partial charge in [-0.3, -0.25) is 14.3 Å². The van der Waals surface area contributed by atoms with Crippen LogP contribution in [0.1, 0.15) is 68.1 Å². The number of nitrogens with zero attached hydrogens (tertiary/aromatic N) is 6. The summed E-state index contributed by atoms with van der Waals surface area (Å²) in [6.45, 7) is 8.61. The first-order valence-electron chi connectivity index (χ1n) is 14.5. The number of hydrogen-bond donors (Lipinski definition) is 1. The third-order valence-corrected chi connectivity index (χ3v) is 9.55. The highest BCUT2D eigenvalue weighted by Gasteiger charge is 2.48. The third-order valence-electron chi connectivity index (χ3n) is 9.55. The molecule has 1 aromatic carbocycles. The van der Waals surface area contributed by atoms with Crippen molar-refractivity contribution in [2.45, 2.75) is 63.5 Å². The summed E-state index contributed by atoms with van der Waals surface area (Å²) in [4.78, 5) is 22.5. The number of rotatable bonds is 6. The number of aryl methyl sites for hydroxylation is 1. The Morgan fingerprint density at radius 2 is 1.92 bits per heavy atom. The molecule has 0 spiro atoms. The number of piperazine rings is 1. The molecule has 0 unspecified atom stereocenters. The van der Waals surface area contributed by atoms with E-state index >= 15 is 0 Å². The molecule has 8 nitrogen and oxygen atoms in total. The van der Waals surface area contributed by atoms with Crippen LogP contribution in [-0.2, 0) is 19.0 Å². The molecule has 39 heavy (non-hydrogen) atoms. The van der Waals surface area contributed by atoms with Gasteiger partial charge < -0.3 is 14.5 Å². The van der Waals surface area contributed by atoms with Crippen LogP contribution >= 0.6 is 0 Å². The van der Waals surface area contributed by atoms with E-state index in [1.54, 1.807) is 6.33 Å². The second kappa shape index (κ2) is 9.17. The number of nitrogens with one attached hydrogen (secondary N) is 1. The van der Waals surface area contributed by atoms with Crippen molar-refractivity contribution in [3.63, 3.8) is 0 Å². The molecule has 4 aromatic rings. The number of fused-ring (bicyclic) bond motifs is 1. The van der Waals surface area contributed by atoms with Crippen molar-refractivity contribution in [3.8, 4) is 5.69 Å². The lowest BCUT2D eigenvalue weighted by Gasteiger charge is -2.46. The minimum Gasteiger partial charge on any atom is -0.353 e. The first-order valence-corrected chi connectivity index (χ1v) is 14.5. The van der Waals surface area contributed by atoms with Gasteiger partial charge in [0.2, 0.25) is 0 Å². The molecular weight excluding hydrogens is 486 g/mol. The van der Waals surface area contributed by atoms with E-state index in [4.69, 9.17) is 0 Å². The average Bonchev–Trinajstić information content (AvgIpc) is 3.52. The Morgan fingerprint density at radius 1 is 1.10 bits per heavy atom. The van der Waals surface area contributed by atoms with Crippen molar-refractivity contribution >= 4 is 10.9 Å². The molecule has 1 aliphatic heterocycles. The summed E-state index contributed by atoms with van der Waals surface area (Å²) < 4.78 is 3.92. The van der Waals surface area contributed by atoms with Crippen LogP contribution in [-0.4, -0.2) is 66.8 Å². The number of aromatic nitrogens is 5. The number of H-pyrrole nitrogens is 1. The molecule has 3 aromatic heterocycles. The van der Waals surface area contributed by atoms with Gasteiger partial charge >= 0.3 is 0 Å². The summed E-state index contributed by atoms with van der Waals surface area (Å²) in [6, 6.07) is 11.3. The predicted molar refractivity (Wildman–Crippen MR) is 153 cm³/mol. The SMILES string of the molecule is CC1CC(c2cccc(-n3cc(C4CC4)c4cc(CN5CCN(C)[C@H](C)C5)[nH]c4c3=O)c2)(c2nncn2C)C1. The number of pyridine rings is 1. The molecule has 2 saturated carbocycles. The smallest absolute Gasteiger partial charge is 0.279 e.